The number of nitrogens with zero attached hydrogens (tertiary/aromatic N) is 2. The molecule has 3 N–H and O–H groups in total. The van der Waals surface area contributed by atoms with Gasteiger partial charge in [-0.25, -0.2) is 13.2 Å². The Balaban J connectivity index is 0.00000371. The van der Waals surface area contributed by atoms with E-state index in [2.05, 4.69) is 38.9 Å². The van der Waals surface area contributed by atoms with Crippen molar-refractivity contribution in [3.63, 3.8) is 0 Å². The monoisotopic (exact) mass is 547 g/mol. The van der Waals surface area contributed by atoms with E-state index >= 15 is 0 Å². The molecular formula is C28H36F3N5O3. The van der Waals surface area contributed by atoms with Gasteiger partial charge < -0.3 is 20.3 Å². The van der Waals surface area contributed by atoms with Gasteiger partial charge in [-0.15, -0.1) is 12.8 Å². The van der Waals surface area contributed by atoms with Crippen molar-refractivity contribution in [1.82, 2.24) is 21.0 Å². The van der Waals surface area contributed by atoms with Crippen LogP contribution in [-0.4, -0.2) is 61.9 Å². The van der Waals surface area contributed by atoms with Gasteiger partial charge in [0.25, 0.3) is 11.8 Å². The van der Waals surface area contributed by atoms with E-state index in [1.54, 1.807) is 6.92 Å². The summed E-state index contributed by atoms with van der Waals surface area (Å²) in [6.45, 7) is 3.75. The first-order valence-electron chi connectivity index (χ1n) is 12.3. The third-order valence-electron chi connectivity index (χ3n) is 5.46. The molecule has 8 nitrogen and oxygen atoms in total. The third kappa shape index (κ3) is 10.7. The molecule has 0 saturated heterocycles. The van der Waals surface area contributed by atoms with Crippen LogP contribution >= 0.6 is 0 Å². The molecule has 0 saturated carbocycles. The van der Waals surface area contributed by atoms with Crippen LogP contribution < -0.4 is 16.1 Å². The molecular weight excluding hydrogens is 511 g/mol. The molecule has 2 atom stereocenters. The number of hydrogen-bond donors (Lipinski definition) is 3. The highest BCUT2D eigenvalue weighted by Crippen LogP contribution is 2.17. The van der Waals surface area contributed by atoms with E-state index in [0.717, 1.165) is 37.6 Å². The Kier molecular flexibility index (Phi) is 14.8. The van der Waals surface area contributed by atoms with Crippen LogP contribution in [0, 0.1) is 24.5 Å². The Labute approximate surface area is 228 Å². The predicted octanol–water partition coefficient (Wildman–Crippen LogP) is 3.80. The van der Waals surface area contributed by atoms with E-state index in [9.17, 15) is 22.8 Å². The maximum Gasteiger partial charge on any atom is 0.274 e. The van der Waals surface area contributed by atoms with Gasteiger partial charge in [0.05, 0.1) is 17.8 Å². The molecule has 39 heavy (non-hydrogen) atoms. The predicted molar refractivity (Wildman–Crippen MR) is 146 cm³/mol. The van der Waals surface area contributed by atoms with E-state index in [-0.39, 0.29) is 17.6 Å². The van der Waals surface area contributed by atoms with Crippen molar-refractivity contribution in [2.45, 2.75) is 45.3 Å². The van der Waals surface area contributed by atoms with Crippen LogP contribution in [0.1, 0.15) is 43.5 Å². The molecule has 1 heterocycles. The number of nitrogens with one attached hydrogen (secondary N) is 3. The van der Waals surface area contributed by atoms with E-state index < -0.39 is 41.7 Å². The molecule has 2 rings (SSSR count). The number of benzene rings is 1. The molecule has 0 aromatic heterocycles. The standard InChI is InChI=1S/C26H34F3N5O3.C2H2/c1-5-18(9-8-16-34(3)4)37-22(12-7-14-27)17(2)31-26(36)24-21(13-15-30-33-24)32-25(35)23-19(28)10-6-11-20(23)29;1-2/h6-7,10-13,15,18,21,30H,5,8-9,14,16H2,1-4H3,(H,31,36)(H,32,35);1-2H/b12-7-,22-17-;. The van der Waals surface area contributed by atoms with Gasteiger partial charge >= 0.3 is 0 Å². The van der Waals surface area contributed by atoms with Gasteiger partial charge in [-0.2, -0.15) is 5.10 Å². The molecule has 2 unspecified atom stereocenters. The zero-order valence-corrected chi connectivity index (χ0v) is 22.6. The Hall–Kier alpha value is -4.04. The van der Waals surface area contributed by atoms with Crippen molar-refractivity contribution in [2.24, 2.45) is 5.10 Å². The van der Waals surface area contributed by atoms with Gasteiger partial charge in [0.15, 0.2) is 5.71 Å². The molecule has 1 aromatic carbocycles. The lowest BCUT2D eigenvalue weighted by Gasteiger charge is -2.23. The molecule has 1 aliphatic heterocycles. The molecule has 11 heteroatoms. The summed E-state index contributed by atoms with van der Waals surface area (Å²) in [7, 11) is 3.97. The fraction of sp³-hybridized carbons (Fsp3) is 0.393. The SMILES string of the molecule is C#C.CCC(CCCN(C)C)OC(/C=C\CF)=C(/C)NC(=O)C1=NNC=CC1NC(=O)c1c(F)cccc1F. The van der Waals surface area contributed by atoms with Crippen LogP contribution in [0.2, 0.25) is 0 Å². The minimum Gasteiger partial charge on any atom is -0.489 e. The lowest BCUT2D eigenvalue weighted by atomic mass is 10.1. The molecule has 0 aliphatic carbocycles. The number of alkyl halides is 1. The fourth-order valence-electron chi connectivity index (χ4n) is 3.50. The second kappa shape index (κ2) is 17.5. The first-order valence-corrected chi connectivity index (χ1v) is 12.3. The van der Waals surface area contributed by atoms with Crippen molar-refractivity contribution in [3.05, 3.63) is 71.3 Å². The summed E-state index contributed by atoms with van der Waals surface area (Å²) in [4.78, 5) is 27.7. The summed E-state index contributed by atoms with van der Waals surface area (Å²) >= 11 is 0. The molecule has 1 aliphatic rings. The Morgan fingerprint density at radius 1 is 1.23 bits per heavy atom. The van der Waals surface area contributed by atoms with Crippen LogP contribution in [0.3, 0.4) is 0 Å². The number of allylic oxidation sites excluding steroid dienone is 3. The molecule has 212 valence electrons. The molecule has 2 amide bonds. The average Bonchev–Trinajstić information content (AvgIpc) is 2.91. The number of halogens is 3. The Morgan fingerprint density at radius 3 is 2.49 bits per heavy atom. The number of hydrazone groups is 1. The lowest BCUT2D eigenvalue weighted by Crippen LogP contribution is -2.48. The maximum atomic E-state index is 14.0. The highest BCUT2D eigenvalue weighted by molar-refractivity contribution is 6.42. The smallest absolute Gasteiger partial charge is 0.274 e. The molecule has 0 fully saturated rings. The van der Waals surface area contributed by atoms with E-state index in [1.165, 1.54) is 24.4 Å². The van der Waals surface area contributed by atoms with Gasteiger partial charge in [-0.05, 0) is 71.1 Å². The van der Waals surface area contributed by atoms with Crippen LogP contribution in [0.4, 0.5) is 13.2 Å². The number of hydrogen-bond acceptors (Lipinski definition) is 6. The number of ether oxygens (including phenoxy) is 1. The van der Waals surface area contributed by atoms with E-state index in [1.807, 2.05) is 21.0 Å². The normalized spacial score (nSPS) is 15.8. The quantitative estimate of drug-likeness (QED) is 0.199. The van der Waals surface area contributed by atoms with Crippen molar-refractivity contribution >= 4 is 17.5 Å². The first kappa shape index (κ1) is 33.0. The minimum absolute atomic E-state index is 0.148. The first-order chi connectivity index (χ1) is 18.7. The summed E-state index contributed by atoms with van der Waals surface area (Å²) in [5.74, 6) is -3.51. The fourth-order valence-corrected chi connectivity index (χ4v) is 3.50. The topological polar surface area (TPSA) is 95.1 Å². The second-order valence-corrected chi connectivity index (χ2v) is 8.63. The maximum absolute atomic E-state index is 14.0. The number of carbonyl (C=O) groups excluding carboxylic acids is 2. The van der Waals surface area contributed by atoms with Crippen LogP contribution in [0.15, 0.2) is 59.2 Å². The highest BCUT2D eigenvalue weighted by Gasteiger charge is 2.28. The van der Waals surface area contributed by atoms with Gasteiger partial charge in [0, 0.05) is 6.20 Å². The second-order valence-electron chi connectivity index (χ2n) is 8.63. The lowest BCUT2D eigenvalue weighted by molar-refractivity contribution is -0.114. The summed E-state index contributed by atoms with van der Waals surface area (Å²) in [5, 5.41) is 8.99. The minimum atomic E-state index is -1.07. The van der Waals surface area contributed by atoms with Crippen molar-refractivity contribution in [1.29, 1.82) is 0 Å². The molecule has 0 spiro atoms. The van der Waals surface area contributed by atoms with E-state index in [0.29, 0.717) is 12.1 Å². The van der Waals surface area contributed by atoms with Crippen molar-refractivity contribution in [3.8, 4) is 12.8 Å². The Bertz CT molecular complexity index is 1090. The Morgan fingerprint density at radius 2 is 1.90 bits per heavy atom. The highest BCUT2D eigenvalue weighted by atomic mass is 19.1. The average molecular weight is 548 g/mol. The summed E-state index contributed by atoms with van der Waals surface area (Å²) in [6.07, 6.45) is 15.7. The number of carbonyl (C=O) groups is 2. The summed E-state index contributed by atoms with van der Waals surface area (Å²) in [6, 6.07) is 2.00. The van der Waals surface area contributed by atoms with Gasteiger partial charge in [0.1, 0.15) is 29.6 Å². The van der Waals surface area contributed by atoms with E-state index in [4.69, 9.17) is 4.74 Å². The van der Waals surface area contributed by atoms with Crippen LogP contribution in [0.25, 0.3) is 0 Å². The summed E-state index contributed by atoms with van der Waals surface area (Å²) in [5.41, 5.74) is 1.91. The molecule has 0 radical (unpaired) electrons. The number of rotatable bonds is 13. The van der Waals surface area contributed by atoms with Crippen LogP contribution in [-0.2, 0) is 9.53 Å². The van der Waals surface area contributed by atoms with Crippen molar-refractivity contribution < 1.29 is 27.5 Å². The number of terminal acetylenes is 1. The zero-order chi connectivity index (χ0) is 29.4. The van der Waals surface area contributed by atoms with Crippen LogP contribution in [0.5, 0.6) is 0 Å². The molecule has 0 bridgehead atoms. The largest absolute Gasteiger partial charge is 0.489 e. The zero-order valence-electron chi connectivity index (χ0n) is 22.6. The van der Waals surface area contributed by atoms with Crippen molar-refractivity contribution in [2.75, 3.05) is 27.3 Å². The molecule has 1 aromatic rings. The van der Waals surface area contributed by atoms with Gasteiger partial charge in [0.2, 0.25) is 0 Å². The summed E-state index contributed by atoms with van der Waals surface area (Å²) < 4.78 is 47.0. The third-order valence-corrected chi connectivity index (χ3v) is 5.46. The van der Waals surface area contributed by atoms with Gasteiger partial charge in [-0.1, -0.05) is 19.1 Å². The van der Waals surface area contributed by atoms with Gasteiger partial charge in [-0.3, -0.25) is 15.0 Å². The number of amides is 2.